The van der Waals surface area contributed by atoms with E-state index in [1.54, 1.807) is 0 Å². The van der Waals surface area contributed by atoms with Crippen LogP contribution in [0.3, 0.4) is 0 Å². The molecule has 9 aromatic carbocycles. The van der Waals surface area contributed by atoms with Crippen LogP contribution in [-0.4, -0.2) is 19.5 Å². The highest BCUT2D eigenvalue weighted by Gasteiger charge is 2.50. The lowest BCUT2D eigenvalue weighted by atomic mass is 9.65. The van der Waals surface area contributed by atoms with E-state index in [-0.39, 0.29) is 0 Å². The molecule has 5 heteroatoms. The minimum Gasteiger partial charge on any atom is -0.456 e. The van der Waals surface area contributed by atoms with Crippen molar-refractivity contribution in [2.75, 3.05) is 0 Å². The number of hydrogen-bond acceptors (Lipinski definition) is 4. The first-order chi connectivity index (χ1) is 31.2. The second-order valence-corrected chi connectivity index (χ2v) is 16.7. The van der Waals surface area contributed by atoms with Crippen molar-refractivity contribution >= 4 is 43.7 Å². The monoisotopic (exact) mass is 802 g/mol. The summed E-state index contributed by atoms with van der Waals surface area (Å²) in [5.41, 5.74) is 17.7. The van der Waals surface area contributed by atoms with E-state index in [4.69, 9.17) is 19.4 Å². The lowest BCUT2D eigenvalue weighted by Gasteiger charge is -2.39. The molecule has 1 atom stereocenters. The molecule has 0 radical (unpaired) electrons. The molecule has 1 spiro atoms. The molecule has 0 bridgehead atoms. The first-order valence-corrected chi connectivity index (χ1v) is 21.4. The van der Waals surface area contributed by atoms with Crippen LogP contribution in [0.1, 0.15) is 22.3 Å². The Morgan fingerprint density at radius 1 is 0.349 bits per heavy atom. The van der Waals surface area contributed by atoms with Gasteiger partial charge in [0.2, 0.25) is 0 Å². The molecule has 3 aromatic heterocycles. The number of nitrogens with zero attached hydrogens (tertiary/aromatic N) is 4. The second-order valence-electron chi connectivity index (χ2n) is 16.7. The fraction of sp³-hybridized carbons (Fsp3) is 0.0172. The third-order valence-corrected chi connectivity index (χ3v) is 13.5. The highest BCUT2D eigenvalue weighted by Crippen LogP contribution is 2.61. The van der Waals surface area contributed by atoms with Gasteiger partial charge in [-0.3, -0.25) is 0 Å². The molecule has 1 unspecified atom stereocenters. The predicted molar refractivity (Wildman–Crippen MR) is 254 cm³/mol. The van der Waals surface area contributed by atoms with E-state index < -0.39 is 5.41 Å². The third-order valence-electron chi connectivity index (χ3n) is 13.5. The van der Waals surface area contributed by atoms with E-state index in [1.165, 1.54) is 60.9 Å². The molecule has 0 saturated carbocycles. The average molecular weight is 803 g/mol. The molecule has 12 aromatic rings. The Kier molecular flexibility index (Phi) is 6.97. The van der Waals surface area contributed by atoms with Gasteiger partial charge in [0.25, 0.3) is 0 Å². The topological polar surface area (TPSA) is 56.7 Å². The van der Waals surface area contributed by atoms with Gasteiger partial charge in [-0.1, -0.05) is 170 Å². The molecule has 0 fully saturated rings. The summed E-state index contributed by atoms with van der Waals surface area (Å²) in [6.45, 7) is 0. The zero-order valence-electron chi connectivity index (χ0n) is 33.8. The van der Waals surface area contributed by atoms with Crippen molar-refractivity contribution in [3.63, 3.8) is 0 Å². The lowest BCUT2D eigenvalue weighted by molar-refractivity contribution is 0.669. The second kappa shape index (κ2) is 12.8. The van der Waals surface area contributed by atoms with Gasteiger partial charge in [-0.25, -0.2) is 15.0 Å². The first-order valence-electron chi connectivity index (χ1n) is 21.4. The summed E-state index contributed by atoms with van der Waals surface area (Å²) in [6.07, 6.45) is 0. The summed E-state index contributed by atoms with van der Waals surface area (Å²) in [5, 5.41) is 4.72. The fourth-order valence-electron chi connectivity index (χ4n) is 10.8. The van der Waals surface area contributed by atoms with Crippen molar-refractivity contribution < 1.29 is 4.42 Å². The Hall–Kier alpha value is -8.41. The van der Waals surface area contributed by atoms with Crippen LogP contribution in [0.4, 0.5) is 0 Å². The number of fused-ring (bicyclic) bond motifs is 15. The molecule has 0 saturated heterocycles. The molecule has 5 nitrogen and oxygen atoms in total. The number of hydrogen-bond donors (Lipinski definition) is 0. The predicted octanol–water partition coefficient (Wildman–Crippen LogP) is 14.2. The molecule has 1 aliphatic carbocycles. The van der Waals surface area contributed by atoms with Crippen molar-refractivity contribution in [3.05, 3.63) is 229 Å². The Labute approximate surface area is 362 Å². The molecule has 292 valence electrons. The summed E-state index contributed by atoms with van der Waals surface area (Å²) >= 11 is 0. The minimum absolute atomic E-state index is 0.476. The van der Waals surface area contributed by atoms with E-state index in [9.17, 15) is 0 Å². The molecule has 63 heavy (non-hydrogen) atoms. The Morgan fingerprint density at radius 2 is 0.937 bits per heavy atom. The normalized spacial score (nSPS) is 14.7. The van der Waals surface area contributed by atoms with Crippen LogP contribution in [0, 0.1) is 0 Å². The molecule has 2 aliphatic rings. The van der Waals surface area contributed by atoms with E-state index >= 15 is 0 Å². The number of aromatic nitrogens is 4. The van der Waals surface area contributed by atoms with Gasteiger partial charge in [-0.15, -0.1) is 0 Å². The fourth-order valence-corrected chi connectivity index (χ4v) is 10.8. The van der Waals surface area contributed by atoms with E-state index in [0.29, 0.717) is 17.5 Å². The van der Waals surface area contributed by atoms with Crippen molar-refractivity contribution in [1.82, 2.24) is 19.5 Å². The van der Waals surface area contributed by atoms with Crippen LogP contribution in [-0.2, 0) is 5.41 Å². The molecule has 0 N–H and O–H groups in total. The van der Waals surface area contributed by atoms with Crippen LogP contribution in [0.15, 0.2) is 211 Å². The van der Waals surface area contributed by atoms with Crippen molar-refractivity contribution in [1.29, 1.82) is 0 Å². The van der Waals surface area contributed by atoms with Crippen molar-refractivity contribution in [2.45, 2.75) is 5.41 Å². The SMILES string of the molecule is c1ccc(-c2nc(-c3ccc(-c4ccc5c(c4)-c4ccccc4C54c5ccccc5-n5c6ccccc6c6cccc4c65)cc3)nc(-c3ccc4c(c3)oc3ccccc34)n2)cc1. The number of furan rings is 1. The summed E-state index contributed by atoms with van der Waals surface area (Å²) in [4.78, 5) is 15.1. The van der Waals surface area contributed by atoms with Gasteiger partial charge >= 0.3 is 0 Å². The lowest BCUT2D eigenvalue weighted by Crippen LogP contribution is -2.33. The largest absolute Gasteiger partial charge is 0.456 e. The van der Waals surface area contributed by atoms with Gasteiger partial charge in [-0.2, -0.15) is 0 Å². The quantitative estimate of drug-likeness (QED) is 0.178. The van der Waals surface area contributed by atoms with Gasteiger partial charge in [0.15, 0.2) is 17.5 Å². The zero-order chi connectivity index (χ0) is 41.2. The summed E-state index contributed by atoms with van der Waals surface area (Å²) in [6, 6.07) is 73.9. The highest BCUT2D eigenvalue weighted by atomic mass is 16.3. The van der Waals surface area contributed by atoms with Crippen LogP contribution < -0.4 is 0 Å². The molecular formula is C58H34N4O. The standard InChI is InChI=1S/C58H34N4O/c1-2-13-36(14-3-1)55-59-56(61-57(60-55)39-29-31-43-42-17-6-11-24-52(42)63-53(43)34-39)37-27-25-35(26-28-37)38-30-32-47-45(33-38)40-15-4-7-19-46(40)58(47)48-20-8-10-23-51(48)62-50-22-9-5-16-41(50)44-18-12-21-49(58)54(44)62/h1-34H. The first kappa shape index (κ1) is 34.3. The molecular weight excluding hydrogens is 769 g/mol. The van der Waals surface area contributed by atoms with Crippen LogP contribution in [0.2, 0.25) is 0 Å². The average Bonchev–Trinajstić information content (AvgIpc) is 4.00. The molecule has 14 rings (SSSR count). The smallest absolute Gasteiger partial charge is 0.164 e. The van der Waals surface area contributed by atoms with Gasteiger partial charge in [0.1, 0.15) is 11.2 Å². The number of para-hydroxylation sites is 4. The Balaban J connectivity index is 0.900. The zero-order valence-corrected chi connectivity index (χ0v) is 33.8. The van der Waals surface area contributed by atoms with Crippen LogP contribution >= 0.6 is 0 Å². The number of rotatable bonds is 4. The van der Waals surface area contributed by atoms with E-state index in [2.05, 4.69) is 156 Å². The molecule has 1 aliphatic heterocycles. The van der Waals surface area contributed by atoms with Crippen molar-refractivity contribution in [2.24, 2.45) is 0 Å². The van der Waals surface area contributed by atoms with Gasteiger partial charge in [0.05, 0.1) is 22.1 Å². The summed E-state index contributed by atoms with van der Waals surface area (Å²) in [5.74, 6) is 1.83. The van der Waals surface area contributed by atoms with Gasteiger partial charge in [0, 0.05) is 38.2 Å². The maximum atomic E-state index is 6.26. The van der Waals surface area contributed by atoms with E-state index in [1.807, 2.05) is 54.6 Å². The minimum atomic E-state index is -0.476. The Bertz CT molecular complexity index is 3860. The van der Waals surface area contributed by atoms with Crippen LogP contribution in [0.5, 0.6) is 0 Å². The highest BCUT2D eigenvalue weighted by molar-refractivity contribution is 6.13. The Morgan fingerprint density at radius 3 is 1.79 bits per heavy atom. The maximum Gasteiger partial charge on any atom is 0.164 e. The summed E-state index contributed by atoms with van der Waals surface area (Å²) < 4.78 is 8.76. The van der Waals surface area contributed by atoms with Gasteiger partial charge < -0.3 is 8.98 Å². The van der Waals surface area contributed by atoms with Crippen molar-refractivity contribution in [3.8, 4) is 62.1 Å². The molecule has 4 heterocycles. The number of benzene rings is 9. The van der Waals surface area contributed by atoms with Crippen LogP contribution in [0.25, 0.3) is 106 Å². The van der Waals surface area contributed by atoms with E-state index in [0.717, 1.165) is 49.8 Å². The molecule has 0 amide bonds. The maximum absolute atomic E-state index is 6.26. The van der Waals surface area contributed by atoms with Gasteiger partial charge in [-0.05, 0) is 80.9 Å². The third kappa shape index (κ3) is 4.73. The summed E-state index contributed by atoms with van der Waals surface area (Å²) in [7, 11) is 0.